The van der Waals surface area contributed by atoms with Crippen molar-refractivity contribution in [2.45, 2.75) is 6.61 Å². The van der Waals surface area contributed by atoms with Crippen LogP contribution in [0.25, 0.3) is 6.08 Å². The van der Waals surface area contributed by atoms with Crippen LogP contribution in [0.5, 0.6) is 5.75 Å². The highest BCUT2D eigenvalue weighted by atomic mass is 35.5. The summed E-state index contributed by atoms with van der Waals surface area (Å²) in [5, 5.41) is 1.27. The number of ether oxygens (including phenoxy) is 2. The molecule has 0 bridgehead atoms. The fourth-order valence-electron chi connectivity index (χ4n) is 2.75. The standard InChI is InChI=1S/C23H15Cl2NO3/c24-18-9-5-15(6-10-18)14-28-21-4-2-1-3-17(21)13-20-23(27)29-22(26-20)16-7-11-19(25)12-8-16/h1-13H,14H2/b20-13-. The van der Waals surface area contributed by atoms with Gasteiger partial charge >= 0.3 is 5.97 Å². The van der Waals surface area contributed by atoms with Gasteiger partial charge in [-0.3, -0.25) is 0 Å². The highest BCUT2D eigenvalue weighted by molar-refractivity contribution is 6.31. The first-order valence-corrected chi connectivity index (χ1v) is 9.59. The molecule has 1 heterocycles. The number of nitrogens with zero attached hydrogens (tertiary/aromatic N) is 1. The monoisotopic (exact) mass is 423 g/mol. The molecule has 1 aliphatic heterocycles. The Bertz CT molecular complexity index is 1100. The van der Waals surface area contributed by atoms with E-state index in [1.54, 1.807) is 30.3 Å². The molecule has 0 saturated carbocycles. The number of hydrogen-bond donors (Lipinski definition) is 0. The lowest BCUT2D eigenvalue weighted by Gasteiger charge is -2.09. The Hall–Kier alpha value is -3.08. The van der Waals surface area contributed by atoms with Crippen molar-refractivity contribution in [2.24, 2.45) is 4.99 Å². The lowest BCUT2D eigenvalue weighted by molar-refractivity contribution is -0.129. The minimum atomic E-state index is -0.512. The third-order valence-electron chi connectivity index (χ3n) is 4.23. The van der Waals surface area contributed by atoms with Crippen LogP contribution >= 0.6 is 23.2 Å². The quantitative estimate of drug-likeness (QED) is 0.378. The number of para-hydroxylation sites is 1. The minimum Gasteiger partial charge on any atom is -0.488 e. The fourth-order valence-corrected chi connectivity index (χ4v) is 3.00. The third kappa shape index (κ3) is 4.67. The van der Waals surface area contributed by atoms with E-state index in [1.165, 1.54) is 0 Å². The molecule has 6 heteroatoms. The highest BCUT2D eigenvalue weighted by Crippen LogP contribution is 2.26. The lowest BCUT2D eigenvalue weighted by Crippen LogP contribution is -2.05. The van der Waals surface area contributed by atoms with Crippen molar-refractivity contribution in [1.82, 2.24) is 0 Å². The molecule has 29 heavy (non-hydrogen) atoms. The summed E-state index contributed by atoms with van der Waals surface area (Å²) in [7, 11) is 0. The zero-order valence-electron chi connectivity index (χ0n) is 15.1. The number of cyclic esters (lactones) is 1. The van der Waals surface area contributed by atoms with E-state index < -0.39 is 5.97 Å². The van der Waals surface area contributed by atoms with Gasteiger partial charge in [0.2, 0.25) is 5.90 Å². The zero-order valence-corrected chi connectivity index (χ0v) is 16.7. The van der Waals surface area contributed by atoms with Gasteiger partial charge in [-0.1, -0.05) is 53.5 Å². The summed E-state index contributed by atoms with van der Waals surface area (Å²) in [5.74, 6) is 0.373. The molecule has 0 saturated heterocycles. The van der Waals surface area contributed by atoms with Gasteiger partial charge in [0.05, 0.1) is 0 Å². The van der Waals surface area contributed by atoms with Crippen molar-refractivity contribution >= 4 is 41.1 Å². The van der Waals surface area contributed by atoms with Crippen LogP contribution in [-0.2, 0) is 16.1 Å². The first-order valence-electron chi connectivity index (χ1n) is 8.83. The van der Waals surface area contributed by atoms with Gasteiger partial charge in [0, 0.05) is 21.2 Å². The summed E-state index contributed by atoms with van der Waals surface area (Å²) in [6, 6.07) is 21.8. The molecule has 0 fully saturated rings. The van der Waals surface area contributed by atoms with Gasteiger partial charge in [-0.2, -0.15) is 0 Å². The highest BCUT2D eigenvalue weighted by Gasteiger charge is 2.24. The SMILES string of the molecule is O=C1OC(c2ccc(Cl)cc2)=N/C1=C\c1ccccc1OCc1ccc(Cl)cc1. The second kappa shape index (κ2) is 8.52. The maximum Gasteiger partial charge on any atom is 0.363 e. The van der Waals surface area contributed by atoms with Gasteiger partial charge in [0.1, 0.15) is 12.4 Å². The summed E-state index contributed by atoms with van der Waals surface area (Å²) in [5.41, 5.74) is 2.60. The predicted octanol–water partition coefficient (Wildman–Crippen LogP) is 5.92. The van der Waals surface area contributed by atoms with E-state index in [-0.39, 0.29) is 11.6 Å². The largest absolute Gasteiger partial charge is 0.488 e. The summed E-state index contributed by atoms with van der Waals surface area (Å²) in [4.78, 5) is 16.6. The van der Waals surface area contributed by atoms with E-state index in [0.29, 0.717) is 28.0 Å². The number of benzene rings is 3. The van der Waals surface area contributed by atoms with Crippen molar-refractivity contribution in [3.05, 3.63) is 105 Å². The Kier molecular flexibility index (Phi) is 5.65. The van der Waals surface area contributed by atoms with E-state index in [1.807, 2.05) is 48.5 Å². The average molecular weight is 424 g/mol. The Morgan fingerprint density at radius 1 is 0.897 bits per heavy atom. The number of carbonyl (C=O) groups is 1. The molecule has 0 aromatic heterocycles. The maximum absolute atomic E-state index is 12.3. The molecule has 0 radical (unpaired) electrons. The molecule has 0 amide bonds. The Balaban J connectivity index is 1.56. The molecule has 1 aliphatic rings. The normalized spacial score (nSPS) is 14.6. The number of halogens is 2. The number of hydrogen-bond acceptors (Lipinski definition) is 4. The van der Waals surface area contributed by atoms with E-state index >= 15 is 0 Å². The molecule has 4 rings (SSSR count). The van der Waals surface area contributed by atoms with Crippen LogP contribution < -0.4 is 4.74 Å². The van der Waals surface area contributed by atoms with Gasteiger partial charge in [0.15, 0.2) is 5.70 Å². The molecule has 0 unspecified atom stereocenters. The molecule has 3 aromatic rings. The number of aliphatic imine (C=N–C) groups is 1. The molecule has 0 atom stereocenters. The lowest BCUT2D eigenvalue weighted by atomic mass is 10.1. The Labute approximate surface area is 178 Å². The van der Waals surface area contributed by atoms with E-state index in [2.05, 4.69) is 4.99 Å². The first-order chi connectivity index (χ1) is 14.1. The van der Waals surface area contributed by atoms with E-state index in [0.717, 1.165) is 11.1 Å². The second-order valence-electron chi connectivity index (χ2n) is 6.30. The smallest absolute Gasteiger partial charge is 0.363 e. The van der Waals surface area contributed by atoms with Crippen molar-refractivity contribution < 1.29 is 14.3 Å². The molecule has 0 spiro atoms. The summed E-state index contributed by atoms with van der Waals surface area (Å²) >= 11 is 11.8. The van der Waals surface area contributed by atoms with E-state index in [9.17, 15) is 4.79 Å². The van der Waals surface area contributed by atoms with Crippen LogP contribution in [0.15, 0.2) is 83.5 Å². The number of carbonyl (C=O) groups excluding carboxylic acids is 1. The van der Waals surface area contributed by atoms with Crippen LogP contribution in [0, 0.1) is 0 Å². The second-order valence-corrected chi connectivity index (χ2v) is 7.17. The van der Waals surface area contributed by atoms with Crippen LogP contribution in [0.4, 0.5) is 0 Å². The fraction of sp³-hybridized carbons (Fsp3) is 0.0435. The molecular weight excluding hydrogens is 409 g/mol. The maximum atomic E-state index is 12.3. The van der Waals surface area contributed by atoms with Gasteiger partial charge in [-0.15, -0.1) is 0 Å². The molecule has 4 nitrogen and oxygen atoms in total. The molecular formula is C23H15Cl2NO3. The topological polar surface area (TPSA) is 47.9 Å². The molecule has 3 aromatic carbocycles. The van der Waals surface area contributed by atoms with E-state index in [4.69, 9.17) is 32.7 Å². The number of esters is 1. The van der Waals surface area contributed by atoms with Gasteiger partial charge in [0.25, 0.3) is 0 Å². The summed E-state index contributed by atoms with van der Waals surface area (Å²) in [6.45, 7) is 0.376. The third-order valence-corrected chi connectivity index (χ3v) is 4.73. The summed E-state index contributed by atoms with van der Waals surface area (Å²) in [6.07, 6.45) is 1.66. The van der Waals surface area contributed by atoms with Crippen molar-refractivity contribution in [3.8, 4) is 5.75 Å². The predicted molar refractivity (Wildman–Crippen MR) is 114 cm³/mol. The van der Waals surface area contributed by atoms with Crippen LogP contribution in [0.1, 0.15) is 16.7 Å². The molecule has 0 N–H and O–H groups in total. The summed E-state index contributed by atoms with van der Waals surface area (Å²) < 4.78 is 11.2. The Morgan fingerprint density at radius 2 is 1.55 bits per heavy atom. The van der Waals surface area contributed by atoms with Crippen LogP contribution in [-0.4, -0.2) is 11.9 Å². The van der Waals surface area contributed by atoms with Gasteiger partial charge < -0.3 is 9.47 Å². The molecule has 144 valence electrons. The van der Waals surface area contributed by atoms with Crippen molar-refractivity contribution in [1.29, 1.82) is 0 Å². The van der Waals surface area contributed by atoms with Crippen LogP contribution in [0.2, 0.25) is 10.0 Å². The zero-order chi connectivity index (χ0) is 20.2. The van der Waals surface area contributed by atoms with Crippen LogP contribution in [0.3, 0.4) is 0 Å². The Morgan fingerprint density at radius 3 is 2.28 bits per heavy atom. The average Bonchev–Trinajstić information content (AvgIpc) is 3.09. The number of rotatable bonds is 5. The first kappa shape index (κ1) is 19.2. The van der Waals surface area contributed by atoms with Crippen molar-refractivity contribution in [2.75, 3.05) is 0 Å². The molecule has 0 aliphatic carbocycles. The van der Waals surface area contributed by atoms with Gasteiger partial charge in [-0.25, -0.2) is 9.79 Å². The van der Waals surface area contributed by atoms with Gasteiger partial charge in [-0.05, 0) is 54.1 Å². The minimum absolute atomic E-state index is 0.206. The van der Waals surface area contributed by atoms with Crippen molar-refractivity contribution in [3.63, 3.8) is 0 Å².